The molecule has 1 aliphatic rings. The topological polar surface area (TPSA) is 55.4 Å². The number of hydrogen-bond acceptors (Lipinski definition) is 3. The van der Waals surface area contributed by atoms with Gasteiger partial charge in [0.15, 0.2) is 0 Å². The first-order valence-corrected chi connectivity index (χ1v) is 9.93. The second-order valence-electron chi connectivity index (χ2n) is 7.33. The third-order valence-corrected chi connectivity index (χ3v) is 5.31. The summed E-state index contributed by atoms with van der Waals surface area (Å²) in [5.41, 5.74) is 2.11. The highest BCUT2D eigenvalue weighted by molar-refractivity contribution is 5.94. The van der Waals surface area contributed by atoms with Gasteiger partial charge in [0.05, 0.1) is 13.0 Å². The van der Waals surface area contributed by atoms with Gasteiger partial charge in [-0.15, -0.1) is 0 Å². The molecule has 152 valence electrons. The molecule has 0 aliphatic heterocycles. The van der Waals surface area contributed by atoms with Gasteiger partial charge in [0.1, 0.15) is 5.82 Å². The van der Waals surface area contributed by atoms with Crippen LogP contribution in [0.4, 0.5) is 4.39 Å². The molecule has 1 amide bonds. The summed E-state index contributed by atoms with van der Waals surface area (Å²) in [5.74, 6) is -2.08. The van der Waals surface area contributed by atoms with E-state index in [0.717, 1.165) is 12.8 Å². The van der Waals surface area contributed by atoms with Crippen LogP contribution in [0.2, 0.25) is 0 Å². The number of methoxy groups -OCH3 is 1. The summed E-state index contributed by atoms with van der Waals surface area (Å²) in [6, 6.07) is 13.6. The van der Waals surface area contributed by atoms with Crippen LogP contribution in [0, 0.1) is 11.7 Å². The van der Waals surface area contributed by atoms with Crippen LogP contribution in [-0.4, -0.2) is 25.0 Å². The monoisotopic (exact) mass is 395 g/mol. The van der Waals surface area contributed by atoms with Gasteiger partial charge in [-0.1, -0.05) is 55.8 Å². The quantitative estimate of drug-likeness (QED) is 0.558. The predicted octanol–water partition coefficient (Wildman–Crippen LogP) is 4.41. The molecule has 3 unspecified atom stereocenters. The lowest BCUT2D eigenvalue weighted by atomic mass is 9.85. The molecule has 0 saturated carbocycles. The van der Waals surface area contributed by atoms with Crippen molar-refractivity contribution in [1.29, 1.82) is 0 Å². The number of aryl methyl sites for hydroxylation is 1. The van der Waals surface area contributed by atoms with Gasteiger partial charge in [-0.05, 0) is 42.5 Å². The number of allylic oxidation sites excluding steroid dienone is 1. The molecular formula is C24H26FNO3. The molecule has 2 aromatic carbocycles. The Morgan fingerprint density at radius 3 is 2.52 bits per heavy atom. The zero-order chi connectivity index (χ0) is 20.8. The molecule has 3 atom stereocenters. The number of carbonyl (C=O) groups excluding carboxylic acids is 2. The molecule has 0 bridgehead atoms. The van der Waals surface area contributed by atoms with Crippen molar-refractivity contribution in [3.05, 3.63) is 83.2 Å². The van der Waals surface area contributed by atoms with Gasteiger partial charge in [-0.3, -0.25) is 9.59 Å². The van der Waals surface area contributed by atoms with Crippen LogP contribution in [0.25, 0.3) is 0 Å². The summed E-state index contributed by atoms with van der Waals surface area (Å²) < 4.78 is 19.2. The number of carbonyl (C=O) groups is 2. The number of ether oxygens (including phenoxy) is 1. The van der Waals surface area contributed by atoms with E-state index in [0.29, 0.717) is 17.5 Å². The van der Waals surface area contributed by atoms with Crippen LogP contribution in [0.5, 0.6) is 0 Å². The molecule has 1 N–H and O–H groups in total. The molecule has 29 heavy (non-hydrogen) atoms. The molecule has 0 heterocycles. The maximum Gasteiger partial charge on any atom is 0.313 e. The fraction of sp³-hybridized carbons (Fsp3) is 0.333. The number of benzene rings is 2. The number of nitrogens with one attached hydrogen (secondary N) is 1. The third-order valence-electron chi connectivity index (χ3n) is 5.31. The van der Waals surface area contributed by atoms with Crippen LogP contribution in [0.1, 0.15) is 47.2 Å². The smallest absolute Gasteiger partial charge is 0.313 e. The summed E-state index contributed by atoms with van der Waals surface area (Å²) in [5, 5.41) is 2.98. The highest BCUT2D eigenvalue weighted by Gasteiger charge is 2.35. The number of rotatable bonds is 7. The molecule has 0 aromatic heterocycles. The normalized spacial score (nSPS) is 19.0. The van der Waals surface area contributed by atoms with Crippen molar-refractivity contribution < 1.29 is 18.7 Å². The first-order valence-electron chi connectivity index (χ1n) is 9.93. The molecule has 4 nitrogen and oxygen atoms in total. The predicted molar refractivity (Wildman–Crippen MR) is 110 cm³/mol. The van der Waals surface area contributed by atoms with Gasteiger partial charge in [0.25, 0.3) is 5.91 Å². The van der Waals surface area contributed by atoms with E-state index in [2.05, 4.69) is 12.2 Å². The van der Waals surface area contributed by atoms with Gasteiger partial charge < -0.3 is 10.1 Å². The molecule has 0 radical (unpaired) electrons. The van der Waals surface area contributed by atoms with E-state index in [1.807, 2.05) is 36.4 Å². The molecule has 2 aromatic rings. The van der Waals surface area contributed by atoms with Gasteiger partial charge in [-0.2, -0.15) is 0 Å². The van der Waals surface area contributed by atoms with Crippen molar-refractivity contribution >= 4 is 11.9 Å². The average molecular weight is 395 g/mol. The van der Waals surface area contributed by atoms with Crippen molar-refractivity contribution in [1.82, 2.24) is 5.32 Å². The lowest BCUT2D eigenvalue weighted by Gasteiger charge is -2.22. The van der Waals surface area contributed by atoms with Gasteiger partial charge in [0.2, 0.25) is 0 Å². The van der Waals surface area contributed by atoms with E-state index in [9.17, 15) is 14.0 Å². The summed E-state index contributed by atoms with van der Waals surface area (Å²) in [7, 11) is 1.30. The Morgan fingerprint density at radius 2 is 1.86 bits per heavy atom. The van der Waals surface area contributed by atoms with Gasteiger partial charge in [0, 0.05) is 17.2 Å². The van der Waals surface area contributed by atoms with Gasteiger partial charge in [-0.25, -0.2) is 4.39 Å². The minimum absolute atomic E-state index is 0.163. The Kier molecular flexibility index (Phi) is 6.81. The molecular weight excluding hydrogens is 369 g/mol. The molecule has 3 rings (SSSR count). The summed E-state index contributed by atoms with van der Waals surface area (Å²) >= 11 is 0. The molecule has 0 spiro atoms. The highest BCUT2D eigenvalue weighted by atomic mass is 19.1. The van der Waals surface area contributed by atoms with Crippen molar-refractivity contribution in [3.8, 4) is 0 Å². The Hall–Kier alpha value is -2.95. The Morgan fingerprint density at radius 1 is 1.14 bits per heavy atom. The third kappa shape index (κ3) is 4.91. The first-order chi connectivity index (χ1) is 14.0. The van der Waals surface area contributed by atoms with Gasteiger partial charge >= 0.3 is 5.97 Å². The van der Waals surface area contributed by atoms with Crippen LogP contribution < -0.4 is 5.32 Å². The van der Waals surface area contributed by atoms with Crippen LogP contribution in [-0.2, 0) is 16.0 Å². The number of amides is 1. The molecule has 0 saturated heterocycles. The van der Waals surface area contributed by atoms with Crippen LogP contribution in [0.3, 0.4) is 0 Å². The van der Waals surface area contributed by atoms with E-state index in [-0.39, 0.29) is 17.9 Å². The van der Waals surface area contributed by atoms with Crippen molar-refractivity contribution in [2.75, 3.05) is 7.11 Å². The van der Waals surface area contributed by atoms with E-state index in [1.165, 1.54) is 18.7 Å². The van der Waals surface area contributed by atoms with E-state index in [4.69, 9.17) is 4.74 Å². The van der Waals surface area contributed by atoms with Crippen molar-refractivity contribution in [2.45, 2.75) is 38.1 Å². The summed E-state index contributed by atoms with van der Waals surface area (Å²) in [6.45, 7) is 2.12. The summed E-state index contributed by atoms with van der Waals surface area (Å²) in [4.78, 5) is 24.9. The maximum absolute atomic E-state index is 14.3. The standard InChI is InChI=1S/C24H26FNO3/c1-3-6-16-9-11-17(12-10-16)23(27)26-19-14-13-18(15-19)22(24(28)29-2)20-7-4-5-8-21(20)25/h4-5,7-14,18-19,22H,3,6,15H2,1-2H3,(H,26,27). The second-order valence-corrected chi connectivity index (χ2v) is 7.33. The number of hydrogen-bond donors (Lipinski definition) is 1. The van der Waals surface area contributed by atoms with E-state index in [1.54, 1.807) is 18.2 Å². The fourth-order valence-corrected chi connectivity index (χ4v) is 3.83. The first kappa shape index (κ1) is 20.8. The second kappa shape index (κ2) is 9.50. The molecule has 1 aliphatic carbocycles. The lowest BCUT2D eigenvalue weighted by Crippen LogP contribution is -2.33. The van der Waals surface area contributed by atoms with Crippen LogP contribution in [0.15, 0.2) is 60.7 Å². The minimum Gasteiger partial charge on any atom is -0.469 e. The average Bonchev–Trinajstić information content (AvgIpc) is 3.18. The zero-order valence-electron chi connectivity index (χ0n) is 16.7. The van der Waals surface area contributed by atoms with Crippen molar-refractivity contribution in [3.63, 3.8) is 0 Å². The van der Waals surface area contributed by atoms with Crippen molar-refractivity contribution in [2.24, 2.45) is 5.92 Å². The van der Waals surface area contributed by atoms with E-state index < -0.39 is 17.7 Å². The van der Waals surface area contributed by atoms with Crippen LogP contribution >= 0.6 is 0 Å². The fourth-order valence-electron chi connectivity index (χ4n) is 3.83. The zero-order valence-corrected chi connectivity index (χ0v) is 16.7. The lowest BCUT2D eigenvalue weighted by molar-refractivity contribution is -0.143. The number of esters is 1. The largest absolute Gasteiger partial charge is 0.469 e. The van der Waals surface area contributed by atoms with E-state index >= 15 is 0 Å². The number of halogens is 1. The Balaban J connectivity index is 1.68. The minimum atomic E-state index is -0.743. The Labute approximate surface area is 170 Å². The summed E-state index contributed by atoms with van der Waals surface area (Å²) in [6.07, 6.45) is 6.28. The SMILES string of the molecule is CCCc1ccc(C(=O)NC2C=CC(C(C(=O)OC)c3ccccc3F)C2)cc1. The Bertz CT molecular complexity index is 891. The molecule has 5 heteroatoms. The molecule has 0 fully saturated rings. The maximum atomic E-state index is 14.3. The highest BCUT2D eigenvalue weighted by Crippen LogP contribution is 2.35.